The molecule has 0 atom stereocenters. The molecule has 6 nitrogen and oxygen atoms in total. The maximum absolute atomic E-state index is 13.3. The van der Waals surface area contributed by atoms with E-state index >= 15 is 0 Å². The highest BCUT2D eigenvalue weighted by atomic mass is 19.1. The standard InChI is InChI=1S/C13H16FN5O/c1-2-19(11-5-3-4-10(14)8-11)13(20)12-9-18(7-6-15)17-16-12/h3-5,8-9H,2,6-7,15H2,1H3. The van der Waals surface area contributed by atoms with E-state index in [1.165, 1.54) is 27.9 Å². The van der Waals surface area contributed by atoms with Gasteiger partial charge in [-0.3, -0.25) is 9.48 Å². The number of hydrogen-bond acceptors (Lipinski definition) is 4. The first kappa shape index (κ1) is 14.1. The molecule has 2 N–H and O–H groups in total. The summed E-state index contributed by atoms with van der Waals surface area (Å²) in [5.41, 5.74) is 6.12. The SMILES string of the molecule is CCN(C(=O)c1cn(CCN)nn1)c1cccc(F)c1. The number of hydrogen-bond donors (Lipinski definition) is 1. The second kappa shape index (κ2) is 6.25. The molecule has 2 aromatic rings. The van der Waals surface area contributed by atoms with Gasteiger partial charge in [0.05, 0.1) is 12.7 Å². The number of rotatable bonds is 5. The average Bonchev–Trinajstić information content (AvgIpc) is 2.89. The number of carbonyl (C=O) groups excluding carboxylic acids is 1. The zero-order chi connectivity index (χ0) is 14.5. The molecule has 2 rings (SSSR count). The third-order valence-electron chi connectivity index (χ3n) is 2.80. The normalized spacial score (nSPS) is 10.6. The Morgan fingerprint density at radius 1 is 1.50 bits per heavy atom. The number of nitrogens with zero attached hydrogens (tertiary/aromatic N) is 4. The van der Waals surface area contributed by atoms with Crippen LogP contribution in [-0.2, 0) is 6.54 Å². The Hall–Kier alpha value is -2.28. The maximum Gasteiger partial charge on any atom is 0.280 e. The van der Waals surface area contributed by atoms with Crippen LogP contribution in [0.5, 0.6) is 0 Å². The zero-order valence-electron chi connectivity index (χ0n) is 11.2. The average molecular weight is 277 g/mol. The van der Waals surface area contributed by atoms with E-state index in [0.29, 0.717) is 25.3 Å². The van der Waals surface area contributed by atoms with Gasteiger partial charge in [0, 0.05) is 18.8 Å². The van der Waals surface area contributed by atoms with Crippen molar-refractivity contribution < 1.29 is 9.18 Å². The molecule has 106 valence electrons. The first-order valence-electron chi connectivity index (χ1n) is 6.33. The van der Waals surface area contributed by atoms with Crippen molar-refractivity contribution in [2.45, 2.75) is 13.5 Å². The molecule has 1 aromatic carbocycles. The number of nitrogens with two attached hydrogens (primary N) is 1. The number of amides is 1. The molecular weight excluding hydrogens is 261 g/mol. The van der Waals surface area contributed by atoms with Gasteiger partial charge in [-0.15, -0.1) is 5.10 Å². The van der Waals surface area contributed by atoms with E-state index in [1.54, 1.807) is 12.1 Å². The Morgan fingerprint density at radius 2 is 2.30 bits per heavy atom. The Kier molecular flexibility index (Phi) is 4.41. The highest BCUT2D eigenvalue weighted by Crippen LogP contribution is 2.17. The molecule has 0 radical (unpaired) electrons. The van der Waals surface area contributed by atoms with Gasteiger partial charge in [0.25, 0.3) is 5.91 Å². The summed E-state index contributed by atoms with van der Waals surface area (Å²) in [4.78, 5) is 13.8. The fraction of sp³-hybridized carbons (Fsp3) is 0.308. The second-order valence-corrected chi connectivity index (χ2v) is 4.18. The van der Waals surface area contributed by atoms with Gasteiger partial charge in [-0.1, -0.05) is 11.3 Å². The summed E-state index contributed by atoms with van der Waals surface area (Å²) < 4.78 is 14.8. The first-order valence-corrected chi connectivity index (χ1v) is 6.33. The summed E-state index contributed by atoms with van der Waals surface area (Å²) in [6, 6.07) is 5.88. The van der Waals surface area contributed by atoms with Gasteiger partial charge >= 0.3 is 0 Å². The van der Waals surface area contributed by atoms with Gasteiger partial charge in [-0.25, -0.2) is 4.39 Å². The van der Waals surface area contributed by atoms with Crippen LogP contribution in [0.4, 0.5) is 10.1 Å². The molecular formula is C13H16FN5O. The summed E-state index contributed by atoms with van der Waals surface area (Å²) in [7, 11) is 0. The van der Waals surface area contributed by atoms with Crippen molar-refractivity contribution in [2.24, 2.45) is 5.73 Å². The molecule has 0 aliphatic carbocycles. The van der Waals surface area contributed by atoms with Crippen molar-refractivity contribution in [3.8, 4) is 0 Å². The van der Waals surface area contributed by atoms with E-state index in [2.05, 4.69) is 10.3 Å². The lowest BCUT2D eigenvalue weighted by Gasteiger charge is -2.19. The second-order valence-electron chi connectivity index (χ2n) is 4.18. The highest BCUT2D eigenvalue weighted by Gasteiger charge is 2.19. The third kappa shape index (κ3) is 3.00. The predicted molar refractivity (Wildman–Crippen MR) is 72.8 cm³/mol. The summed E-state index contributed by atoms with van der Waals surface area (Å²) in [6.45, 7) is 3.13. The molecule has 0 spiro atoms. The van der Waals surface area contributed by atoms with Crippen LogP contribution in [0.25, 0.3) is 0 Å². The molecule has 0 aliphatic rings. The quantitative estimate of drug-likeness (QED) is 0.886. The molecule has 0 saturated carbocycles. The van der Waals surface area contributed by atoms with Crippen molar-refractivity contribution in [1.29, 1.82) is 0 Å². The van der Waals surface area contributed by atoms with Crippen LogP contribution in [0.15, 0.2) is 30.5 Å². The topological polar surface area (TPSA) is 77.0 Å². The fourth-order valence-corrected chi connectivity index (χ4v) is 1.86. The maximum atomic E-state index is 13.3. The molecule has 20 heavy (non-hydrogen) atoms. The smallest absolute Gasteiger partial charge is 0.280 e. The van der Waals surface area contributed by atoms with E-state index in [1.807, 2.05) is 6.92 Å². The summed E-state index contributed by atoms with van der Waals surface area (Å²) >= 11 is 0. The van der Waals surface area contributed by atoms with E-state index in [0.717, 1.165) is 0 Å². The van der Waals surface area contributed by atoms with Crippen molar-refractivity contribution in [3.05, 3.63) is 42.0 Å². The monoisotopic (exact) mass is 277 g/mol. The number of benzene rings is 1. The molecule has 0 saturated heterocycles. The number of aromatic nitrogens is 3. The van der Waals surface area contributed by atoms with Crippen molar-refractivity contribution in [2.75, 3.05) is 18.0 Å². The van der Waals surface area contributed by atoms with Crippen molar-refractivity contribution in [1.82, 2.24) is 15.0 Å². The summed E-state index contributed by atoms with van der Waals surface area (Å²) in [5, 5.41) is 7.64. The van der Waals surface area contributed by atoms with Crippen LogP contribution in [0.2, 0.25) is 0 Å². The Labute approximate surface area is 116 Å². The van der Waals surface area contributed by atoms with Gasteiger partial charge in [-0.05, 0) is 25.1 Å². The lowest BCUT2D eigenvalue weighted by atomic mass is 10.2. The minimum Gasteiger partial charge on any atom is -0.329 e. The Morgan fingerprint density at radius 3 is 2.95 bits per heavy atom. The highest BCUT2D eigenvalue weighted by molar-refractivity contribution is 6.04. The van der Waals surface area contributed by atoms with E-state index in [9.17, 15) is 9.18 Å². The van der Waals surface area contributed by atoms with Gasteiger partial charge in [-0.2, -0.15) is 0 Å². The van der Waals surface area contributed by atoms with Gasteiger partial charge in [0.2, 0.25) is 0 Å². The molecule has 0 unspecified atom stereocenters. The van der Waals surface area contributed by atoms with E-state index in [-0.39, 0.29) is 17.4 Å². The van der Waals surface area contributed by atoms with Crippen LogP contribution >= 0.6 is 0 Å². The molecule has 1 heterocycles. The Balaban J connectivity index is 2.24. The summed E-state index contributed by atoms with van der Waals surface area (Å²) in [6.07, 6.45) is 1.54. The summed E-state index contributed by atoms with van der Waals surface area (Å²) in [5.74, 6) is -0.707. The van der Waals surface area contributed by atoms with Crippen molar-refractivity contribution >= 4 is 11.6 Å². The van der Waals surface area contributed by atoms with E-state index < -0.39 is 0 Å². The zero-order valence-corrected chi connectivity index (χ0v) is 11.2. The lowest BCUT2D eigenvalue weighted by Crippen LogP contribution is -2.31. The number of halogens is 1. The lowest BCUT2D eigenvalue weighted by molar-refractivity contribution is 0.0983. The molecule has 7 heteroatoms. The number of anilines is 1. The van der Waals surface area contributed by atoms with Crippen LogP contribution in [-0.4, -0.2) is 34.0 Å². The van der Waals surface area contributed by atoms with Crippen LogP contribution in [0.3, 0.4) is 0 Å². The van der Waals surface area contributed by atoms with Crippen LogP contribution < -0.4 is 10.6 Å². The molecule has 0 aliphatic heterocycles. The van der Waals surface area contributed by atoms with Crippen LogP contribution in [0, 0.1) is 5.82 Å². The molecule has 0 bridgehead atoms. The predicted octanol–water partition coefficient (Wildman–Crippen LogP) is 1.04. The Bertz CT molecular complexity index is 598. The molecule has 1 amide bonds. The third-order valence-corrected chi connectivity index (χ3v) is 2.80. The van der Waals surface area contributed by atoms with Gasteiger partial charge in [0.1, 0.15) is 5.82 Å². The van der Waals surface area contributed by atoms with E-state index in [4.69, 9.17) is 5.73 Å². The first-order chi connectivity index (χ1) is 9.65. The number of carbonyl (C=O) groups is 1. The van der Waals surface area contributed by atoms with Gasteiger partial charge in [0.15, 0.2) is 5.69 Å². The van der Waals surface area contributed by atoms with Crippen molar-refractivity contribution in [3.63, 3.8) is 0 Å². The van der Waals surface area contributed by atoms with Crippen LogP contribution in [0.1, 0.15) is 17.4 Å². The largest absolute Gasteiger partial charge is 0.329 e. The van der Waals surface area contributed by atoms with Gasteiger partial charge < -0.3 is 10.6 Å². The fourth-order valence-electron chi connectivity index (χ4n) is 1.86. The minimum atomic E-state index is -0.388. The molecule has 1 aromatic heterocycles. The molecule has 0 fully saturated rings. The minimum absolute atomic E-state index is 0.213.